The van der Waals surface area contributed by atoms with Gasteiger partial charge in [0.15, 0.2) is 17.6 Å². The number of aliphatic hydroxyl groups is 3. The van der Waals surface area contributed by atoms with E-state index in [1.165, 1.54) is 24.3 Å². The molecule has 3 aromatic rings. The Morgan fingerprint density at radius 2 is 1.64 bits per heavy atom. The average Bonchev–Trinajstić information content (AvgIpc) is 2.77. The second kappa shape index (κ2) is 8.26. The molecule has 33 heavy (non-hydrogen) atoms. The van der Waals surface area contributed by atoms with Gasteiger partial charge in [0.2, 0.25) is 17.5 Å². The molecular formula is C21H18O12. The van der Waals surface area contributed by atoms with Crippen molar-refractivity contribution in [1.29, 1.82) is 0 Å². The van der Waals surface area contributed by atoms with E-state index in [0.717, 1.165) is 12.3 Å². The van der Waals surface area contributed by atoms with E-state index >= 15 is 0 Å². The lowest BCUT2D eigenvalue weighted by Crippen LogP contribution is -2.61. The summed E-state index contributed by atoms with van der Waals surface area (Å²) in [6.45, 7) is 0. The molecule has 5 atom stereocenters. The van der Waals surface area contributed by atoms with E-state index < -0.39 is 59.4 Å². The fourth-order valence-corrected chi connectivity index (χ4v) is 3.45. The van der Waals surface area contributed by atoms with Crippen LogP contribution in [0.2, 0.25) is 0 Å². The first kappa shape index (κ1) is 22.4. The van der Waals surface area contributed by atoms with Gasteiger partial charge in [-0.15, -0.1) is 0 Å². The van der Waals surface area contributed by atoms with Crippen LogP contribution in [-0.4, -0.2) is 72.4 Å². The lowest BCUT2D eigenvalue weighted by Gasteiger charge is -2.38. The molecule has 0 spiro atoms. The number of carboxylic acid groups (broad SMARTS) is 1. The van der Waals surface area contributed by atoms with Gasteiger partial charge in [-0.1, -0.05) is 0 Å². The maximum Gasteiger partial charge on any atom is 0.335 e. The largest absolute Gasteiger partial charge is 0.508 e. The third-order valence-corrected chi connectivity index (χ3v) is 5.22. The second-order valence-corrected chi connectivity index (χ2v) is 7.32. The number of phenolic OH excluding ortho intramolecular Hbond substituents is 3. The van der Waals surface area contributed by atoms with Crippen LogP contribution in [0.5, 0.6) is 23.0 Å². The van der Waals surface area contributed by atoms with Crippen LogP contribution in [0.25, 0.3) is 22.1 Å². The first-order valence-electron chi connectivity index (χ1n) is 9.49. The predicted octanol–water partition coefficient (Wildman–Crippen LogP) is -0.152. The van der Waals surface area contributed by atoms with Gasteiger partial charge in [-0.05, 0) is 24.3 Å². The van der Waals surface area contributed by atoms with Crippen molar-refractivity contribution in [2.75, 3.05) is 0 Å². The number of aliphatic carboxylic acids is 1. The lowest BCUT2D eigenvalue weighted by molar-refractivity contribution is -0.271. The van der Waals surface area contributed by atoms with Crippen LogP contribution in [0.3, 0.4) is 0 Å². The van der Waals surface area contributed by atoms with Gasteiger partial charge in [-0.25, -0.2) is 4.79 Å². The van der Waals surface area contributed by atoms with E-state index in [2.05, 4.69) is 0 Å². The molecule has 174 valence electrons. The third kappa shape index (κ3) is 3.81. The summed E-state index contributed by atoms with van der Waals surface area (Å²) in [5, 5.41) is 69.2. The lowest BCUT2D eigenvalue weighted by atomic mass is 9.99. The molecule has 4 rings (SSSR count). The molecule has 0 amide bonds. The molecule has 12 nitrogen and oxygen atoms in total. The number of carbonyl (C=O) groups is 1. The van der Waals surface area contributed by atoms with Crippen LogP contribution >= 0.6 is 0 Å². The van der Waals surface area contributed by atoms with Crippen LogP contribution in [0.1, 0.15) is 0 Å². The molecule has 0 radical (unpaired) electrons. The zero-order valence-corrected chi connectivity index (χ0v) is 16.5. The van der Waals surface area contributed by atoms with Crippen molar-refractivity contribution in [2.24, 2.45) is 0 Å². The number of benzene rings is 2. The van der Waals surface area contributed by atoms with Crippen LogP contribution in [0.15, 0.2) is 45.8 Å². The molecular weight excluding hydrogens is 444 g/mol. The Hall–Kier alpha value is -3.84. The van der Waals surface area contributed by atoms with E-state index in [1.54, 1.807) is 0 Å². The molecule has 2 heterocycles. The zero-order chi connectivity index (χ0) is 24.0. The van der Waals surface area contributed by atoms with E-state index in [-0.39, 0.29) is 27.8 Å². The average molecular weight is 462 g/mol. The number of aromatic hydroxyl groups is 3. The summed E-state index contributed by atoms with van der Waals surface area (Å²) in [6, 6.07) is 6.14. The summed E-state index contributed by atoms with van der Waals surface area (Å²) >= 11 is 0. The van der Waals surface area contributed by atoms with Crippen LogP contribution in [0.4, 0.5) is 0 Å². The minimum absolute atomic E-state index is 0.101. The SMILES string of the molecule is O=C(O)C1OC(Oc2ccc(-c3coc4cc(O)ccc4c3=O)c(O)c2O)C(O)C(O)C1O. The van der Waals surface area contributed by atoms with Gasteiger partial charge >= 0.3 is 5.97 Å². The highest BCUT2D eigenvalue weighted by atomic mass is 16.7. The summed E-state index contributed by atoms with van der Waals surface area (Å²) in [6.07, 6.45) is -8.47. The Bertz CT molecular complexity index is 1280. The topological polar surface area (TPSA) is 207 Å². The number of ether oxygens (including phenoxy) is 2. The van der Waals surface area contributed by atoms with Crippen molar-refractivity contribution in [1.82, 2.24) is 0 Å². The van der Waals surface area contributed by atoms with E-state index in [4.69, 9.17) is 19.0 Å². The van der Waals surface area contributed by atoms with E-state index in [0.29, 0.717) is 0 Å². The second-order valence-electron chi connectivity index (χ2n) is 7.32. The molecule has 1 saturated heterocycles. The molecule has 7 N–H and O–H groups in total. The standard InChI is InChI=1S/C21H18O12/c22-7-1-2-9-12(5-7)31-6-10(13(9)23)8-3-4-11(15(25)14(8)24)32-21-18(28)16(26)17(27)19(33-21)20(29)30/h1-6,16-19,21-22,24-28H,(H,29,30). The van der Waals surface area contributed by atoms with Crippen molar-refractivity contribution in [2.45, 2.75) is 30.7 Å². The highest BCUT2D eigenvalue weighted by Crippen LogP contribution is 2.43. The molecule has 1 aliphatic rings. The number of hydrogen-bond donors (Lipinski definition) is 7. The van der Waals surface area contributed by atoms with Gasteiger partial charge in [-0.2, -0.15) is 0 Å². The molecule has 12 heteroatoms. The van der Waals surface area contributed by atoms with Gasteiger partial charge < -0.3 is 49.6 Å². The minimum Gasteiger partial charge on any atom is -0.508 e. The molecule has 0 aliphatic carbocycles. The maximum atomic E-state index is 12.8. The van der Waals surface area contributed by atoms with Gasteiger partial charge in [0.05, 0.1) is 10.9 Å². The molecule has 5 unspecified atom stereocenters. The van der Waals surface area contributed by atoms with E-state index in [1.807, 2.05) is 0 Å². The van der Waals surface area contributed by atoms with Crippen molar-refractivity contribution in [3.05, 3.63) is 46.8 Å². The number of rotatable bonds is 4. The molecule has 1 fully saturated rings. The third-order valence-electron chi connectivity index (χ3n) is 5.22. The van der Waals surface area contributed by atoms with Gasteiger partial charge in [0.1, 0.15) is 35.9 Å². The van der Waals surface area contributed by atoms with Crippen LogP contribution < -0.4 is 10.2 Å². The highest BCUT2D eigenvalue weighted by molar-refractivity contribution is 5.85. The van der Waals surface area contributed by atoms with Crippen LogP contribution in [-0.2, 0) is 9.53 Å². The Kier molecular flexibility index (Phi) is 5.59. The molecule has 1 aromatic heterocycles. The predicted molar refractivity (Wildman–Crippen MR) is 108 cm³/mol. The normalized spacial score (nSPS) is 25.1. The Morgan fingerprint density at radius 3 is 2.33 bits per heavy atom. The molecule has 2 aromatic carbocycles. The fraction of sp³-hybridized carbons (Fsp3) is 0.238. The molecule has 0 bridgehead atoms. The van der Waals surface area contributed by atoms with Crippen molar-refractivity contribution < 1.29 is 54.4 Å². The van der Waals surface area contributed by atoms with E-state index in [9.17, 15) is 40.2 Å². The first-order chi connectivity index (χ1) is 15.6. The number of fused-ring (bicyclic) bond motifs is 1. The van der Waals surface area contributed by atoms with Crippen molar-refractivity contribution in [3.8, 4) is 34.1 Å². The first-order valence-corrected chi connectivity index (χ1v) is 9.49. The number of hydrogen-bond acceptors (Lipinski definition) is 11. The smallest absolute Gasteiger partial charge is 0.335 e. The quantitative estimate of drug-likeness (QED) is 0.253. The van der Waals surface area contributed by atoms with Gasteiger partial charge in [0, 0.05) is 11.6 Å². The van der Waals surface area contributed by atoms with Crippen molar-refractivity contribution >= 4 is 16.9 Å². The minimum atomic E-state index is -1.93. The summed E-state index contributed by atoms with van der Waals surface area (Å²) in [7, 11) is 0. The highest BCUT2D eigenvalue weighted by Gasteiger charge is 2.48. The molecule has 0 saturated carbocycles. The van der Waals surface area contributed by atoms with Gasteiger partial charge in [0.25, 0.3) is 0 Å². The fourth-order valence-electron chi connectivity index (χ4n) is 3.45. The number of aliphatic hydroxyl groups excluding tert-OH is 3. The van der Waals surface area contributed by atoms with Crippen LogP contribution in [0, 0.1) is 0 Å². The summed E-state index contributed by atoms with van der Waals surface area (Å²) in [5.74, 6) is -3.88. The summed E-state index contributed by atoms with van der Waals surface area (Å²) < 4.78 is 15.5. The Morgan fingerprint density at radius 1 is 0.909 bits per heavy atom. The van der Waals surface area contributed by atoms with Gasteiger partial charge in [-0.3, -0.25) is 4.79 Å². The molecule has 1 aliphatic heterocycles. The summed E-state index contributed by atoms with van der Waals surface area (Å²) in [4.78, 5) is 24.0. The monoisotopic (exact) mass is 462 g/mol. The number of carboxylic acids is 1. The summed E-state index contributed by atoms with van der Waals surface area (Å²) in [5.41, 5.74) is -0.713. The Balaban J connectivity index is 1.68. The van der Waals surface area contributed by atoms with Crippen molar-refractivity contribution in [3.63, 3.8) is 0 Å². The zero-order valence-electron chi connectivity index (χ0n) is 16.5. The maximum absolute atomic E-state index is 12.8. The number of phenols is 3. The Labute approximate surface area is 183 Å².